The summed E-state index contributed by atoms with van der Waals surface area (Å²) in [6, 6.07) is 22.4. The number of benzene rings is 3. The highest BCUT2D eigenvalue weighted by molar-refractivity contribution is 5.99. The van der Waals surface area contributed by atoms with Crippen LogP contribution in [0.1, 0.15) is 29.3 Å². The molecule has 0 saturated heterocycles. The second-order valence-corrected chi connectivity index (χ2v) is 6.69. The SMILES string of the molecule is C[C@@H](OC(=O)CNC(=O)c1ccc2ccccc2c1)c1nnc(-c2ccccc2)o1. The number of nitrogens with one attached hydrogen (secondary N) is 1. The third-order valence-electron chi connectivity index (χ3n) is 4.52. The Labute approximate surface area is 172 Å². The lowest BCUT2D eigenvalue weighted by Crippen LogP contribution is -2.31. The van der Waals surface area contributed by atoms with Crippen molar-refractivity contribution in [3.05, 3.63) is 84.3 Å². The van der Waals surface area contributed by atoms with Gasteiger partial charge in [0, 0.05) is 11.1 Å². The Bertz CT molecular complexity index is 1190. The molecule has 0 unspecified atom stereocenters. The van der Waals surface area contributed by atoms with Gasteiger partial charge in [-0.1, -0.05) is 48.5 Å². The molecule has 1 heterocycles. The van der Waals surface area contributed by atoms with Crippen molar-refractivity contribution in [2.75, 3.05) is 6.54 Å². The first kappa shape index (κ1) is 19.3. The van der Waals surface area contributed by atoms with Crippen LogP contribution in [0.2, 0.25) is 0 Å². The molecule has 4 rings (SSSR count). The van der Waals surface area contributed by atoms with Crippen LogP contribution in [0.4, 0.5) is 0 Å². The van der Waals surface area contributed by atoms with E-state index >= 15 is 0 Å². The molecule has 1 N–H and O–H groups in total. The molecule has 0 bridgehead atoms. The van der Waals surface area contributed by atoms with Crippen molar-refractivity contribution >= 4 is 22.6 Å². The summed E-state index contributed by atoms with van der Waals surface area (Å²) < 4.78 is 10.9. The van der Waals surface area contributed by atoms with Gasteiger partial charge in [0.15, 0.2) is 6.10 Å². The molecule has 0 spiro atoms. The van der Waals surface area contributed by atoms with Crippen molar-refractivity contribution in [3.63, 3.8) is 0 Å². The van der Waals surface area contributed by atoms with Gasteiger partial charge < -0.3 is 14.5 Å². The van der Waals surface area contributed by atoms with E-state index in [9.17, 15) is 9.59 Å². The van der Waals surface area contributed by atoms with Crippen LogP contribution in [0.3, 0.4) is 0 Å². The lowest BCUT2D eigenvalue weighted by atomic mass is 10.1. The first-order chi connectivity index (χ1) is 14.6. The molecule has 1 aromatic heterocycles. The van der Waals surface area contributed by atoms with Crippen LogP contribution in [0.15, 0.2) is 77.2 Å². The van der Waals surface area contributed by atoms with E-state index in [0.717, 1.165) is 16.3 Å². The second-order valence-electron chi connectivity index (χ2n) is 6.69. The summed E-state index contributed by atoms with van der Waals surface area (Å²) in [5.41, 5.74) is 1.25. The molecule has 7 heteroatoms. The van der Waals surface area contributed by atoms with Crippen LogP contribution in [-0.4, -0.2) is 28.6 Å². The van der Waals surface area contributed by atoms with E-state index < -0.39 is 12.1 Å². The number of ether oxygens (including phenoxy) is 1. The number of carbonyl (C=O) groups is 2. The van der Waals surface area contributed by atoms with Crippen LogP contribution in [0.25, 0.3) is 22.2 Å². The highest BCUT2D eigenvalue weighted by Gasteiger charge is 2.19. The van der Waals surface area contributed by atoms with Gasteiger partial charge >= 0.3 is 5.97 Å². The van der Waals surface area contributed by atoms with Crippen LogP contribution in [0, 0.1) is 0 Å². The van der Waals surface area contributed by atoms with E-state index in [1.54, 1.807) is 19.1 Å². The molecule has 0 radical (unpaired) electrons. The molecule has 1 atom stereocenters. The van der Waals surface area contributed by atoms with E-state index in [-0.39, 0.29) is 18.3 Å². The van der Waals surface area contributed by atoms with Gasteiger partial charge in [0.25, 0.3) is 11.8 Å². The lowest BCUT2D eigenvalue weighted by molar-refractivity contribution is -0.148. The Kier molecular flexibility index (Phi) is 5.52. The number of rotatable bonds is 6. The van der Waals surface area contributed by atoms with Crippen LogP contribution in [-0.2, 0) is 9.53 Å². The largest absolute Gasteiger partial charge is 0.451 e. The van der Waals surface area contributed by atoms with Gasteiger partial charge in [-0.3, -0.25) is 9.59 Å². The smallest absolute Gasteiger partial charge is 0.326 e. The molecule has 30 heavy (non-hydrogen) atoms. The Morgan fingerprint density at radius 1 is 0.967 bits per heavy atom. The highest BCUT2D eigenvalue weighted by atomic mass is 16.6. The van der Waals surface area contributed by atoms with Crippen LogP contribution >= 0.6 is 0 Å². The van der Waals surface area contributed by atoms with E-state index in [1.807, 2.05) is 60.7 Å². The Hall–Kier alpha value is -4.00. The average Bonchev–Trinajstić information content (AvgIpc) is 3.28. The number of hydrogen-bond acceptors (Lipinski definition) is 6. The fraction of sp³-hybridized carbons (Fsp3) is 0.130. The summed E-state index contributed by atoms with van der Waals surface area (Å²) in [6.07, 6.45) is -0.736. The summed E-state index contributed by atoms with van der Waals surface area (Å²) in [6.45, 7) is 1.36. The third kappa shape index (κ3) is 4.35. The summed E-state index contributed by atoms with van der Waals surface area (Å²) >= 11 is 0. The second kappa shape index (κ2) is 8.57. The van der Waals surface area contributed by atoms with Gasteiger partial charge in [-0.15, -0.1) is 10.2 Å². The fourth-order valence-electron chi connectivity index (χ4n) is 2.97. The van der Waals surface area contributed by atoms with Crippen LogP contribution in [0.5, 0.6) is 0 Å². The van der Waals surface area contributed by atoms with Crippen molar-refractivity contribution in [2.24, 2.45) is 0 Å². The van der Waals surface area contributed by atoms with Crippen molar-refractivity contribution in [3.8, 4) is 11.5 Å². The molecule has 0 saturated carbocycles. The summed E-state index contributed by atoms with van der Waals surface area (Å²) in [4.78, 5) is 24.5. The summed E-state index contributed by atoms with van der Waals surface area (Å²) in [5.74, 6) is -0.424. The normalized spacial score (nSPS) is 11.8. The number of nitrogens with zero attached hydrogens (tertiary/aromatic N) is 2. The van der Waals surface area contributed by atoms with Crippen molar-refractivity contribution in [2.45, 2.75) is 13.0 Å². The molecule has 1 amide bonds. The monoisotopic (exact) mass is 401 g/mol. The van der Waals surface area contributed by atoms with Gasteiger partial charge in [0.1, 0.15) is 6.54 Å². The van der Waals surface area contributed by atoms with E-state index in [4.69, 9.17) is 9.15 Å². The average molecular weight is 401 g/mol. The van der Waals surface area contributed by atoms with Crippen molar-refractivity contribution < 1.29 is 18.7 Å². The number of hydrogen-bond donors (Lipinski definition) is 1. The number of esters is 1. The minimum absolute atomic E-state index is 0.183. The molecule has 3 aromatic carbocycles. The molecule has 0 aliphatic carbocycles. The zero-order chi connectivity index (χ0) is 20.9. The zero-order valence-corrected chi connectivity index (χ0v) is 16.2. The predicted octanol–water partition coefficient (Wildman–Crippen LogP) is 3.92. The maximum atomic E-state index is 12.3. The first-order valence-electron chi connectivity index (χ1n) is 9.45. The molecule has 7 nitrogen and oxygen atoms in total. The molecule has 0 aliphatic heterocycles. The van der Waals surface area contributed by atoms with Gasteiger partial charge in [0.2, 0.25) is 5.89 Å². The standard InChI is InChI=1S/C23H19N3O4/c1-15(22-25-26-23(30-22)17-8-3-2-4-9-17)29-20(27)14-24-21(28)19-12-11-16-7-5-6-10-18(16)13-19/h2-13,15H,14H2,1H3,(H,24,28)/t15-/m1/s1. The molecule has 0 aliphatic rings. The third-order valence-corrected chi connectivity index (χ3v) is 4.52. The van der Waals surface area contributed by atoms with E-state index in [1.165, 1.54) is 0 Å². The molecule has 150 valence electrons. The molecular formula is C23H19N3O4. The number of carbonyl (C=O) groups excluding carboxylic acids is 2. The fourth-order valence-corrected chi connectivity index (χ4v) is 2.97. The minimum atomic E-state index is -0.736. The Balaban J connectivity index is 1.33. The van der Waals surface area contributed by atoms with Gasteiger partial charge in [-0.05, 0) is 42.0 Å². The predicted molar refractivity (Wildman–Crippen MR) is 111 cm³/mol. The Morgan fingerprint density at radius 2 is 1.70 bits per heavy atom. The summed E-state index contributed by atoms with van der Waals surface area (Å²) in [7, 11) is 0. The van der Waals surface area contributed by atoms with Crippen molar-refractivity contribution in [1.82, 2.24) is 15.5 Å². The molecule has 4 aromatic rings. The number of aromatic nitrogens is 2. The van der Waals surface area contributed by atoms with Crippen LogP contribution < -0.4 is 5.32 Å². The van der Waals surface area contributed by atoms with E-state index in [2.05, 4.69) is 15.5 Å². The maximum absolute atomic E-state index is 12.3. The van der Waals surface area contributed by atoms with Gasteiger partial charge in [-0.25, -0.2) is 0 Å². The minimum Gasteiger partial charge on any atom is -0.451 e. The number of fused-ring (bicyclic) bond motifs is 1. The lowest BCUT2D eigenvalue weighted by Gasteiger charge is -2.10. The Morgan fingerprint density at radius 3 is 2.50 bits per heavy atom. The number of amides is 1. The molecular weight excluding hydrogens is 382 g/mol. The highest BCUT2D eigenvalue weighted by Crippen LogP contribution is 2.22. The maximum Gasteiger partial charge on any atom is 0.326 e. The van der Waals surface area contributed by atoms with E-state index in [0.29, 0.717) is 11.5 Å². The molecule has 0 fully saturated rings. The topological polar surface area (TPSA) is 94.3 Å². The zero-order valence-electron chi connectivity index (χ0n) is 16.2. The van der Waals surface area contributed by atoms with Gasteiger partial charge in [0.05, 0.1) is 0 Å². The quantitative estimate of drug-likeness (QED) is 0.492. The summed E-state index contributed by atoms with van der Waals surface area (Å²) in [5, 5.41) is 12.5. The van der Waals surface area contributed by atoms with Crippen molar-refractivity contribution in [1.29, 1.82) is 0 Å². The van der Waals surface area contributed by atoms with Gasteiger partial charge in [-0.2, -0.15) is 0 Å². The first-order valence-corrected chi connectivity index (χ1v) is 9.45.